The Morgan fingerprint density at radius 1 is 0.971 bits per heavy atom. The second kappa shape index (κ2) is 10.7. The van der Waals surface area contributed by atoms with Gasteiger partial charge in [-0.15, -0.1) is 0 Å². The van der Waals surface area contributed by atoms with E-state index in [4.69, 9.17) is 14.5 Å². The molecule has 0 spiro atoms. The minimum Gasteiger partial charge on any atom is -0.491 e. The Kier molecular flexibility index (Phi) is 7.09. The highest BCUT2D eigenvalue weighted by atomic mass is 16.5. The van der Waals surface area contributed by atoms with Crippen LogP contribution < -0.4 is 15.2 Å². The number of nitrogens with zero attached hydrogens (tertiary/aromatic N) is 3. The van der Waals surface area contributed by atoms with Crippen molar-refractivity contribution in [1.82, 2.24) is 9.55 Å². The van der Waals surface area contributed by atoms with Gasteiger partial charge in [0.15, 0.2) is 0 Å². The van der Waals surface area contributed by atoms with Crippen LogP contribution in [0.15, 0.2) is 83.7 Å². The molecule has 0 radical (unpaired) electrons. The number of anilines is 1. The largest absolute Gasteiger partial charge is 0.491 e. The van der Waals surface area contributed by atoms with Crippen LogP contribution in [0, 0.1) is 0 Å². The van der Waals surface area contributed by atoms with Crippen LogP contribution in [0.1, 0.15) is 25.6 Å². The summed E-state index contributed by atoms with van der Waals surface area (Å²) in [6.07, 6.45) is 2.80. The van der Waals surface area contributed by atoms with Crippen molar-refractivity contribution >= 4 is 16.6 Å². The zero-order valence-corrected chi connectivity index (χ0v) is 20.1. The minimum absolute atomic E-state index is 0.00316. The standard InChI is InChI=1S/C29H31N3O3/c1-2-3-13-28-30-27-12-8-7-11-26(27)29(33)32(28)23-16-14-22(15-17-23)31-18-19-34-25(20-31)21-35-24-9-5-4-6-10-24/h4-12,14-17,25H,2-3,13,18-21H2,1H3. The first-order valence-corrected chi connectivity index (χ1v) is 12.4. The number of rotatable bonds is 8. The Labute approximate surface area is 205 Å². The molecule has 3 aromatic carbocycles. The molecule has 6 nitrogen and oxygen atoms in total. The van der Waals surface area contributed by atoms with Crippen LogP contribution in [0.3, 0.4) is 0 Å². The lowest BCUT2D eigenvalue weighted by molar-refractivity contribution is 0.0103. The number of fused-ring (bicyclic) bond motifs is 1. The van der Waals surface area contributed by atoms with Gasteiger partial charge < -0.3 is 14.4 Å². The van der Waals surface area contributed by atoms with Crippen molar-refractivity contribution in [3.05, 3.63) is 95.0 Å². The molecule has 4 aromatic rings. The van der Waals surface area contributed by atoms with E-state index in [-0.39, 0.29) is 11.7 Å². The number of para-hydroxylation sites is 2. The van der Waals surface area contributed by atoms with Crippen LogP contribution in [0.4, 0.5) is 5.69 Å². The highest BCUT2D eigenvalue weighted by molar-refractivity contribution is 5.77. The summed E-state index contributed by atoms with van der Waals surface area (Å²) in [4.78, 5) is 20.6. The molecule has 1 fully saturated rings. The number of aryl methyl sites for hydroxylation is 1. The third kappa shape index (κ3) is 5.23. The van der Waals surface area contributed by atoms with Crippen molar-refractivity contribution < 1.29 is 9.47 Å². The summed E-state index contributed by atoms with van der Waals surface area (Å²) >= 11 is 0. The number of benzene rings is 3. The molecule has 1 aliphatic rings. The van der Waals surface area contributed by atoms with Gasteiger partial charge in [-0.25, -0.2) is 4.98 Å². The Hall–Kier alpha value is -3.64. The van der Waals surface area contributed by atoms with E-state index in [1.54, 1.807) is 4.57 Å². The zero-order valence-electron chi connectivity index (χ0n) is 20.1. The molecule has 5 rings (SSSR count). The highest BCUT2D eigenvalue weighted by Crippen LogP contribution is 2.22. The number of hydrogen-bond donors (Lipinski definition) is 0. The smallest absolute Gasteiger partial charge is 0.265 e. The molecule has 0 N–H and O–H groups in total. The molecular formula is C29H31N3O3. The molecule has 0 amide bonds. The number of unbranched alkanes of at least 4 members (excludes halogenated alkanes) is 1. The lowest BCUT2D eigenvalue weighted by atomic mass is 10.1. The van der Waals surface area contributed by atoms with Crippen molar-refractivity contribution in [2.45, 2.75) is 32.3 Å². The molecule has 1 unspecified atom stereocenters. The van der Waals surface area contributed by atoms with Gasteiger partial charge in [0.25, 0.3) is 5.56 Å². The Bertz CT molecular complexity index is 1320. The first-order chi connectivity index (χ1) is 17.2. The summed E-state index contributed by atoms with van der Waals surface area (Å²) in [6.45, 7) is 4.89. The zero-order chi connectivity index (χ0) is 24.0. The molecule has 6 heteroatoms. The molecule has 35 heavy (non-hydrogen) atoms. The van der Waals surface area contributed by atoms with Gasteiger partial charge in [-0.3, -0.25) is 9.36 Å². The predicted molar refractivity (Wildman–Crippen MR) is 140 cm³/mol. The molecule has 1 saturated heterocycles. The van der Waals surface area contributed by atoms with E-state index in [0.29, 0.717) is 18.6 Å². The van der Waals surface area contributed by atoms with Gasteiger partial charge in [-0.2, -0.15) is 0 Å². The third-order valence-electron chi connectivity index (χ3n) is 6.39. The predicted octanol–water partition coefficient (Wildman–Crippen LogP) is 5.01. The van der Waals surface area contributed by atoms with E-state index in [1.165, 1.54) is 0 Å². The van der Waals surface area contributed by atoms with E-state index in [9.17, 15) is 4.79 Å². The van der Waals surface area contributed by atoms with E-state index < -0.39 is 0 Å². The van der Waals surface area contributed by atoms with Gasteiger partial charge in [0.2, 0.25) is 0 Å². The van der Waals surface area contributed by atoms with E-state index >= 15 is 0 Å². The molecule has 180 valence electrons. The van der Waals surface area contributed by atoms with Crippen molar-refractivity contribution in [2.24, 2.45) is 0 Å². The molecule has 1 atom stereocenters. The highest BCUT2D eigenvalue weighted by Gasteiger charge is 2.22. The van der Waals surface area contributed by atoms with Gasteiger partial charge in [-0.1, -0.05) is 43.7 Å². The molecule has 0 bridgehead atoms. The van der Waals surface area contributed by atoms with Gasteiger partial charge >= 0.3 is 0 Å². The van der Waals surface area contributed by atoms with E-state index in [1.807, 2.05) is 66.7 Å². The van der Waals surface area contributed by atoms with Crippen LogP contribution in [0.25, 0.3) is 16.6 Å². The molecule has 0 aliphatic carbocycles. The summed E-state index contributed by atoms with van der Waals surface area (Å²) < 4.78 is 13.6. The normalized spacial score (nSPS) is 15.9. The van der Waals surface area contributed by atoms with Crippen molar-refractivity contribution in [1.29, 1.82) is 0 Å². The van der Waals surface area contributed by atoms with Gasteiger partial charge in [0.1, 0.15) is 24.3 Å². The average molecular weight is 470 g/mol. The van der Waals surface area contributed by atoms with E-state index in [0.717, 1.165) is 60.8 Å². The molecule has 0 saturated carbocycles. The molecule has 1 aliphatic heterocycles. The summed E-state index contributed by atoms with van der Waals surface area (Å²) in [5.74, 6) is 1.67. The number of ether oxygens (including phenoxy) is 2. The first-order valence-electron chi connectivity index (χ1n) is 12.4. The van der Waals surface area contributed by atoms with Gasteiger partial charge in [-0.05, 0) is 55.0 Å². The lowest BCUT2D eigenvalue weighted by Crippen LogP contribution is -2.45. The number of hydrogen-bond acceptors (Lipinski definition) is 5. The molecule has 1 aromatic heterocycles. The maximum atomic E-state index is 13.4. The van der Waals surface area contributed by atoms with Crippen LogP contribution in [-0.4, -0.2) is 42.0 Å². The number of morpholine rings is 1. The maximum Gasteiger partial charge on any atom is 0.265 e. The first kappa shape index (κ1) is 23.1. The fourth-order valence-electron chi connectivity index (χ4n) is 4.52. The van der Waals surface area contributed by atoms with Crippen molar-refractivity contribution in [2.75, 3.05) is 31.2 Å². The topological polar surface area (TPSA) is 56.6 Å². The Balaban J connectivity index is 1.36. The van der Waals surface area contributed by atoms with Crippen LogP contribution in [0.2, 0.25) is 0 Å². The SMILES string of the molecule is CCCCc1nc2ccccc2c(=O)n1-c1ccc(N2CCOC(COc3ccccc3)C2)cc1. The monoisotopic (exact) mass is 469 g/mol. The fraction of sp³-hybridized carbons (Fsp3) is 0.310. The average Bonchev–Trinajstić information content (AvgIpc) is 2.92. The second-order valence-electron chi connectivity index (χ2n) is 8.87. The number of aromatic nitrogens is 2. The lowest BCUT2D eigenvalue weighted by Gasteiger charge is -2.34. The second-order valence-corrected chi connectivity index (χ2v) is 8.87. The summed E-state index contributed by atoms with van der Waals surface area (Å²) in [6, 6.07) is 25.6. The summed E-state index contributed by atoms with van der Waals surface area (Å²) in [5.41, 5.74) is 2.70. The van der Waals surface area contributed by atoms with Crippen LogP contribution in [0.5, 0.6) is 5.75 Å². The van der Waals surface area contributed by atoms with Crippen LogP contribution in [-0.2, 0) is 11.2 Å². The quantitative estimate of drug-likeness (QED) is 0.363. The van der Waals surface area contributed by atoms with Gasteiger partial charge in [0, 0.05) is 25.2 Å². The van der Waals surface area contributed by atoms with Gasteiger partial charge in [0.05, 0.1) is 23.2 Å². The van der Waals surface area contributed by atoms with Crippen LogP contribution >= 0.6 is 0 Å². The van der Waals surface area contributed by atoms with E-state index in [2.05, 4.69) is 24.0 Å². The molecular weight excluding hydrogens is 438 g/mol. The van der Waals surface area contributed by atoms with Crippen molar-refractivity contribution in [3.63, 3.8) is 0 Å². The molecule has 2 heterocycles. The Morgan fingerprint density at radius 3 is 2.51 bits per heavy atom. The fourth-order valence-corrected chi connectivity index (χ4v) is 4.52. The maximum absolute atomic E-state index is 13.4. The van der Waals surface area contributed by atoms with Crippen molar-refractivity contribution in [3.8, 4) is 11.4 Å². The Morgan fingerprint density at radius 2 is 1.71 bits per heavy atom. The summed E-state index contributed by atoms with van der Waals surface area (Å²) in [5, 5.41) is 0.645. The third-order valence-corrected chi connectivity index (χ3v) is 6.39. The summed E-state index contributed by atoms with van der Waals surface area (Å²) in [7, 11) is 0. The minimum atomic E-state index is -0.0149.